The van der Waals surface area contributed by atoms with Crippen molar-refractivity contribution in [2.45, 2.75) is 13.0 Å². The Labute approximate surface area is 130 Å². The van der Waals surface area contributed by atoms with Gasteiger partial charge in [-0.05, 0) is 48.4 Å². The number of nitrogens with one attached hydrogen (secondary N) is 1. The highest BCUT2D eigenvalue weighted by atomic mass is 35.5. The summed E-state index contributed by atoms with van der Waals surface area (Å²) in [5.74, 6) is 1.51. The van der Waals surface area contributed by atoms with Crippen LogP contribution in [-0.4, -0.2) is 20.8 Å². The van der Waals surface area contributed by atoms with Crippen LogP contribution in [0.1, 0.15) is 11.1 Å². The molecule has 3 nitrogen and oxygen atoms in total. The summed E-state index contributed by atoms with van der Waals surface area (Å²) in [7, 11) is 3.29. The number of rotatable bonds is 7. The fourth-order valence-electron chi connectivity index (χ4n) is 2.15. The molecule has 0 saturated heterocycles. The first kappa shape index (κ1) is 15.7. The van der Waals surface area contributed by atoms with Gasteiger partial charge in [-0.15, -0.1) is 0 Å². The molecule has 0 radical (unpaired) electrons. The lowest BCUT2D eigenvalue weighted by Crippen LogP contribution is -2.16. The van der Waals surface area contributed by atoms with Crippen LogP contribution in [0, 0.1) is 0 Å². The smallest absolute Gasteiger partial charge is 0.161 e. The molecule has 0 aliphatic rings. The predicted molar refractivity (Wildman–Crippen MR) is 86.4 cm³/mol. The minimum absolute atomic E-state index is 0.750. The molecule has 0 fully saturated rings. The third-order valence-corrected chi connectivity index (χ3v) is 3.49. The predicted octanol–water partition coefficient (Wildman–Crippen LogP) is 3.69. The summed E-state index contributed by atoms with van der Waals surface area (Å²) in [6.07, 6.45) is 0.952. The number of ether oxygens (including phenoxy) is 2. The van der Waals surface area contributed by atoms with Crippen LogP contribution >= 0.6 is 11.6 Å². The summed E-state index contributed by atoms with van der Waals surface area (Å²) < 4.78 is 10.5. The normalized spacial score (nSPS) is 10.4. The first-order valence-electron chi connectivity index (χ1n) is 6.89. The molecule has 2 aromatic carbocycles. The summed E-state index contributed by atoms with van der Waals surface area (Å²) in [6.45, 7) is 1.69. The van der Waals surface area contributed by atoms with Gasteiger partial charge in [-0.1, -0.05) is 29.8 Å². The highest BCUT2D eigenvalue weighted by Crippen LogP contribution is 2.27. The summed E-state index contributed by atoms with van der Waals surface area (Å²) in [5, 5.41) is 4.20. The molecule has 0 aliphatic heterocycles. The average Bonchev–Trinajstić information content (AvgIpc) is 2.51. The molecule has 112 valence electrons. The zero-order valence-electron chi connectivity index (χ0n) is 12.4. The number of hydrogen-bond donors (Lipinski definition) is 1. The minimum atomic E-state index is 0.750. The van der Waals surface area contributed by atoms with Gasteiger partial charge in [0.2, 0.25) is 0 Å². The van der Waals surface area contributed by atoms with E-state index in [1.807, 2.05) is 36.4 Å². The van der Waals surface area contributed by atoms with Crippen LogP contribution in [0.25, 0.3) is 0 Å². The maximum atomic E-state index is 5.97. The Morgan fingerprint density at radius 3 is 2.48 bits per heavy atom. The van der Waals surface area contributed by atoms with Gasteiger partial charge in [0, 0.05) is 11.6 Å². The van der Waals surface area contributed by atoms with Crippen molar-refractivity contribution in [1.29, 1.82) is 0 Å². The lowest BCUT2D eigenvalue weighted by Gasteiger charge is -2.10. The van der Waals surface area contributed by atoms with E-state index in [0.29, 0.717) is 0 Å². The Bertz CT molecular complexity index is 587. The lowest BCUT2D eigenvalue weighted by molar-refractivity contribution is 0.354. The quantitative estimate of drug-likeness (QED) is 0.791. The second-order valence-electron chi connectivity index (χ2n) is 4.75. The molecule has 0 aromatic heterocycles. The molecule has 0 unspecified atom stereocenters. The van der Waals surface area contributed by atoms with E-state index in [0.717, 1.165) is 36.0 Å². The van der Waals surface area contributed by atoms with Crippen LogP contribution in [0.3, 0.4) is 0 Å². The number of benzene rings is 2. The van der Waals surface area contributed by atoms with E-state index in [4.69, 9.17) is 21.1 Å². The number of halogens is 1. The highest BCUT2D eigenvalue weighted by molar-refractivity contribution is 6.30. The average molecular weight is 306 g/mol. The maximum Gasteiger partial charge on any atom is 0.161 e. The van der Waals surface area contributed by atoms with Gasteiger partial charge in [0.25, 0.3) is 0 Å². The topological polar surface area (TPSA) is 30.5 Å². The molecule has 0 heterocycles. The molecule has 0 atom stereocenters. The Hall–Kier alpha value is -1.71. The second-order valence-corrected chi connectivity index (χ2v) is 5.18. The molecule has 2 aromatic rings. The van der Waals surface area contributed by atoms with Crippen molar-refractivity contribution in [3.63, 3.8) is 0 Å². The van der Waals surface area contributed by atoms with E-state index in [9.17, 15) is 0 Å². The molecule has 0 spiro atoms. The minimum Gasteiger partial charge on any atom is -0.493 e. The van der Waals surface area contributed by atoms with Crippen molar-refractivity contribution in [3.8, 4) is 11.5 Å². The van der Waals surface area contributed by atoms with E-state index < -0.39 is 0 Å². The molecule has 4 heteroatoms. The van der Waals surface area contributed by atoms with Crippen LogP contribution in [0.2, 0.25) is 5.02 Å². The summed E-state index contributed by atoms with van der Waals surface area (Å²) in [5.41, 5.74) is 2.40. The molecule has 0 aliphatic carbocycles. The fourth-order valence-corrected chi connectivity index (χ4v) is 2.36. The Morgan fingerprint density at radius 2 is 1.76 bits per heavy atom. The van der Waals surface area contributed by atoms with Crippen LogP contribution in [-0.2, 0) is 13.0 Å². The van der Waals surface area contributed by atoms with Gasteiger partial charge in [-0.25, -0.2) is 0 Å². The van der Waals surface area contributed by atoms with Gasteiger partial charge in [-0.2, -0.15) is 0 Å². The van der Waals surface area contributed by atoms with Crippen molar-refractivity contribution >= 4 is 11.6 Å². The van der Waals surface area contributed by atoms with Gasteiger partial charge in [-0.3, -0.25) is 0 Å². The van der Waals surface area contributed by atoms with Crippen LogP contribution in [0.5, 0.6) is 11.5 Å². The van der Waals surface area contributed by atoms with Crippen molar-refractivity contribution in [2.24, 2.45) is 0 Å². The Kier molecular flexibility index (Phi) is 5.90. The van der Waals surface area contributed by atoms with Gasteiger partial charge in [0.15, 0.2) is 11.5 Å². The lowest BCUT2D eigenvalue weighted by atomic mass is 10.1. The summed E-state index contributed by atoms with van der Waals surface area (Å²) in [4.78, 5) is 0. The van der Waals surface area contributed by atoms with Crippen molar-refractivity contribution in [3.05, 3.63) is 58.6 Å². The molecule has 0 saturated carbocycles. The van der Waals surface area contributed by atoms with Crippen molar-refractivity contribution in [1.82, 2.24) is 5.32 Å². The molecule has 0 amide bonds. The van der Waals surface area contributed by atoms with Crippen molar-refractivity contribution in [2.75, 3.05) is 20.8 Å². The SMILES string of the molecule is COc1ccc(CNCCc2cccc(Cl)c2)cc1OC. The molecule has 21 heavy (non-hydrogen) atoms. The number of methoxy groups -OCH3 is 2. The van der Waals surface area contributed by atoms with Crippen molar-refractivity contribution < 1.29 is 9.47 Å². The maximum absolute atomic E-state index is 5.97. The molecule has 0 bridgehead atoms. The van der Waals surface area contributed by atoms with E-state index in [-0.39, 0.29) is 0 Å². The molecule has 2 rings (SSSR count). The fraction of sp³-hybridized carbons (Fsp3) is 0.294. The third kappa shape index (κ3) is 4.66. The second kappa shape index (κ2) is 7.91. The third-order valence-electron chi connectivity index (χ3n) is 3.26. The monoisotopic (exact) mass is 305 g/mol. The Morgan fingerprint density at radius 1 is 0.952 bits per heavy atom. The van der Waals surface area contributed by atoms with Crippen LogP contribution in [0.4, 0.5) is 0 Å². The highest BCUT2D eigenvalue weighted by Gasteiger charge is 2.04. The van der Waals surface area contributed by atoms with Gasteiger partial charge < -0.3 is 14.8 Å². The van der Waals surface area contributed by atoms with Crippen LogP contribution < -0.4 is 14.8 Å². The zero-order chi connectivity index (χ0) is 15.1. The van der Waals surface area contributed by atoms with E-state index >= 15 is 0 Å². The molecule has 1 N–H and O–H groups in total. The standard InChI is InChI=1S/C17H20ClNO2/c1-20-16-7-6-14(11-17(16)21-2)12-19-9-8-13-4-3-5-15(18)10-13/h3-7,10-11,19H,8-9,12H2,1-2H3. The largest absolute Gasteiger partial charge is 0.493 e. The van der Waals surface area contributed by atoms with E-state index in [2.05, 4.69) is 11.4 Å². The van der Waals surface area contributed by atoms with Gasteiger partial charge in [0.05, 0.1) is 14.2 Å². The summed E-state index contributed by atoms with van der Waals surface area (Å²) >= 11 is 5.97. The summed E-state index contributed by atoms with van der Waals surface area (Å²) in [6, 6.07) is 13.9. The molecular formula is C17H20ClNO2. The van der Waals surface area contributed by atoms with E-state index in [1.54, 1.807) is 14.2 Å². The zero-order valence-corrected chi connectivity index (χ0v) is 13.1. The number of hydrogen-bond acceptors (Lipinski definition) is 3. The first-order valence-corrected chi connectivity index (χ1v) is 7.27. The first-order chi connectivity index (χ1) is 10.2. The van der Waals surface area contributed by atoms with Gasteiger partial charge in [0.1, 0.15) is 0 Å². The molecular weight excluding hydrogens is 286 g/mol. The van der Waals surface area contributed by atoms with Gasteiger partial charge >= 0.3 is 0 Å². The Balaban J connectivity index is 1.83. The van der Waals surface area contributed by atoms with E-state index in [1.165, 1.54) is 11.1 Å². The van der Waals surface area contributed by atoms with Crippen LogP contribution in [0.15, 0.2) is 42.5 Å².